The molecule has 0 heterocycles. The van der Waals surface area contributed by atoms with Crippen molar-refractivity contribution in [1.82, 2.24) is 5.32 Å². The Hall–Kier alpha value is -1.59. The van der Waals surface area contributed by atoms with Crippen LogP contribution in [0.4, 0.5) is 0 Å². The molecule has 0 aromatic heterocycles. The van der Waals surface area contributed by atoms with Gasteiger partial charge < -0.3 is 21.4 Å². The molecule has 5 N–H and O–H groups in total. The van der Waals surface area contributed by atoms with E-state index in [1.54, 1.807) is 0 Å². The van der Waals surface area contributed by atoms with Crippen LogP contribution in [0.1, 0.15) is 30.4 Å². The molecule has 0 aliphatic heterocycles. The SMILES string of the molecule is N/C(=N/O)c1ccccc1CNCC1(O)CCC1. The lowest BCUT2D eigenvalue weighted by atomic mass is 9.80. The molecule has 1 aliphatic rings. The fraction of sp³-hybridized carbons (Fsp3) is 0.462. The van der Waals surface area contributed by atoms with Crippen molar-refractivity contribution in [3.8, 4) is 0 Å². The molecule has 1 saturated carbocycles. The standard InChI is InChI=1S/C13H19N3O2/c14-12(16-18)11-5-2-1-4-10(11)8-15-9-13(17)6-3-7-13/h1-2,4-5,15,17-18H,3,6-9H2,(H2,14,16). The van der Waals surface area contributed by atoms with Gasteiger partial charge in [0.05, 0.1) is 5.60 Å². The minimum absolute atomic E-state index is 0.106. The number of rotatable bonds is 5. The highest BCUT2D eigenvalue weighted by Gasteiger charge is 2.33. The Bertz CT molecular complexity index is 442. The highest BCUT2D eigenvalue weighted by Crippen LogP contribution is 2.30. The first kappa shape index (κ1) is 12.9. The molecule has 0 spiro atoms. The topological polar surface area (TPSA) is 90.9 Å². The second-order valence-corrected chi connectivity index (χ2v) is 4.82. The van der Waals surface area contributed by atoms with Crippen molar-refractivity contribution in [2.24, 2.45) is 10.9 Å². The molecule has 0 bridgehead atoms. The van der Waals surface area contributed by atoms with Gasteiger partial charge in [-0.05, 0) is 24.8 Å². The summed E-state index contributed by atoms with van der Waals surface area (Å²) in [6.45, 7) is 1.17. The van der Waals surface area contributed by atoms with Crippen LogP contribution in [0, 0.1) is 0 Å². The Kier molecular flexibility index (Phi) is 3.84. The lowest BCUT2D eigenvalue weighted by Gasteiger charge is -2.36. The van der Waals surface area contributed by atoms with Crippen LogP contribution in [0.5, 0.6) is 0 Å². The molecule has 0 atom stereocenters. The largest absolute Gasteiger partial charge is 0.409 e. The summed E-state index contributed by atoms with van der Waals surface area (Å²) in [5, 5.41) is 24.9. The van der Waals surface area contributed by atoms with E-state index in [1.807, 2.05) is 24.3 Å². The van der Waals surface area contributed by atoms with Crippen molar-refractivity contribution >= 4 is 5.84 Å². The van der Waals surface area contributed by atoms with Gasteiger partial charge in [0.2, 0.25) is 0 Å². The van der Waals surface area contributed by atoms with E-state index in [9.17, 15) is 5.11 Å². The zero-order valence-corrected chi connectivity index (χ0v) is 10.3. The molecule has 1 aliphatic carbocycles. The van der Waals surface area contributed by atoms with Crippen LogP contribution in [0.15, 0.2) is 29.4 Å². The molecule has 0 unspecified atom stereocenters. The van der Waals surface area contributed by atoms with Crippen LogP contribution < -0.4 is 11.1 Å². The fourth-order valence-corrected chi connectivity index (χ4v) is 2.17. The van der Waals surface area contributed by atoms with Gasteiger partial charge in [-0.3, -0.25) is 0 Å². The summed E-state index contributed by atoms with van der Waals surface area (Å²) in [6.07, 6.45) is 2.82. The second kappa shape index (κ2) is 5.37. The molecule has 5 nitrogen and oxygen atoms in total. The molecule has 1 fully saturated rings. The normalized spacial score (nSPS) is 18.4. The average Bonchev–Trinajstić information content (AvgIpc) is 2.36. The van der Waals surface area contributed by atoms with Gasteiger partial charge in [0, 0.05) is 18.7 Å². The van der Waals surface area contributed by atoms with Crippen molar-refractivity contribution in [2.75, 3.05) is 6.54 Å². The smallest absolute Gasteiger partial charge is 0.170 e. The van der Waals surface area contributed by atoms with Crippen LogP contribution >= 0.6 is 0 Å². The monoisotopic (exact) mass is 249 g/mol. The summed E-state index contributed by atoms with van der Waals surface area (Å²) >= 11 is 0. The number of nitrogens with one attached hydrogen (secondary N) is 1. The van der Waals surface area contributed by atoms with Crippen molar-refractivity contribution in [2.45, 2.75) is 31.4 Å². The van der Waals surface area contributed by atoms with E-state index in [0.29, 0.717) is 18.7 Å². The van der Waals surface area contributed by atoms with Gasteiger partial charge in [-0.15, -0.1) is 0 Å². The van der Waals surface area contributed by atoms with Crippen LogP contribution in [0.25, 0.3) is 0 Å². The predicted octanol–water partition coefficient (Wildman–Crippen LogP) is 0.786. The van der Waals surface area contributed by atoms with Gasteiger partial charge >= 0.3 is 0 Å². The second-order valence-electron chi connectivity index (χ2n) is 4.82. The van der Waals surface area contributed by atoms with Gasteiger partial charge in [0.15, 0.2) is 5.84 Å². The number of oxime groups is 1. The molecular formula is C13H19N3O2. The Morgan fingerprint density at radius 1 is 1.39 bits per heavy atom. The van der Waals surface area contributed by atoms with Gasteiger partial charge in [0.25, 0.3) is 0 Å². The maximum Gasteiger partial charge on any atom is 0.170 e. The summed E-state index contributed by atoms with van der Waals surface area (Å²) in [5.74, 6) is 0.106. The molecule has 18 heavy (non-hydrogen) atoms. The number of nitrogens with zero attached hydrogens (tertiary/aromatic N) is 1. The summed E-state index contributed by atoms with van der Waals surface area (Å²) < 4.78 is 0. The van der Waals surface area contributed by atoms with E-state index in [2.05, 4.69) is 10.5 Å². The van der Waals surface area contributed by atoms with Gasteiger partial charge in [0.1, 0.15) is 0 Å². The Balaban J connectivity index is 1.96. The average molecular weight is 249 g/mol. The van der Waals surface area contributed by atoms with E-state index < -0.39 is 5.60 Å². The van der Waals surface area contributed by atoms with E-state index in [4.69, 9.17) is 10.9 Å². The number of nitrogens with two attached hydrogens (primary N) is 1. The minimum atomic E-state index is -0.536. The third-order valence-corrected chi connectivity index (χ3v) is 3.45. The van der Waals surface area contributed by atoms with Gasteiger partial charge in [-0.25, -0.2) is 0 Å². The summed E-state index contributed by atoms with van der Waals surface area (Å²) in [5.41, 5.74) is 6.75. The molecule has 98 valence electrons. The van der Waals surface area contributed by atoms with Crippen molar-refractivity contribution in [1.29, 1.82) is 0 Å². The third kappa shape index (κ3) is 2.80. The zero-order chi connectivity index (χ0) is 13.0. The van der Waals surface area contributed by atoms with E-state index in [1.165, 1.54) is 0 Å². The van der Waals surface area contributed by atoms with E-state index >= 15 is 0 Å². The molecule has 0 amide bonds. The highest BCUT2D eigenvalue weighted by molar-refractivity contribution is 5.98. The predicted molar refractivity (Wildman–Crippen MR) is 69.5 cm³/mol. The van der Waals surface area contributed by atoms with Crippen LogP contribution in [0.3, 0.4) is 0 Å². The summed E-state index contributed by atoms with van der Waals surface area (Å²) in [4.78, 5) is 0. The molecule has 5 heteroatoms. The Labute approximate surface area is 106 Å². The quantitative estimate of drug-likeness (QED) is 0.269. The highest BCUT2D eigenvalue weighted by atomic mass is 16.4. The summed E-state index contributed by atoms with van der Waals surface area (Å²) in [7, 11) is 0. The number of amidine groups is 1. The van der Waals surface area contributed by atoms with Gasteiger partial charge in [-0.1, -0.05) is 29.4 Å². The Morgan fingerprint density at radius 3 is 2.72 bits per heavy atom. The van der Waals surface area contributed by atoms with Crippen LogP contribution in [-0.4, -0.2) is 28.3 Å². The third-order valence-electron chi connectivity index (χ3n) is 3.45. The number of hydrogen-bond acceptors (Lipinski definition) is 4. The number of benzene rings is 1. The van der Waals surface area contributed by atoms with E-state index in [0.717, 1.165) is 24.8 Å². The first-order valence-electron chi connectivity index (χ1n) is 6.13. The lowest BCUT2D eigenvalue weighted by molar-refractivity contribution is -0.0314. The van der Waals surface area contributed by atoms with Crippen molar-refractivity contribution < 1.29 is 10.3 Å². The molecule has 2 rings (SSSR count). The van der Waals surface area contributed by atoms with Crippen LogP contribution in [0.2, 0.25) is 0 Å². The van der Waals surface area contributed by atoms with Crippen molar-refractivity contribution in [3.05, 3.63) is 35.4 Å². The Morgan fingerprint density at radius 2 is 2.11 bits per heavy atom. The van der Waals surface area contributed by atoms with Crippen molar-refractivity contribution in [3.63, 3.8) is 0 Å². The molecule has 1 aromatic rings. The molecule has 0 radical (unpaired) electrons. The lowest BCUT2D eigenvalue weighted by Crippen LogP contribution is -2.46. The fourth-order valence-electron chi connectivity index (χ4n) is 2.17. The van der Waals surface area contributed by atoms with Gasteiger partial charge in [-0.2, -0.15) is 0 Å². The first-order valence-corrected chi connectivity index (χ1v) is 6.13. The summed E-state index contributed by atoms with van der Waals surface area (Å²) in [6, 6.07) is 7.48. The molecular weight excluding hydrogens is 230 g/mol. The van der Waals surface area contributed by atoms with E-state index in [-0.39, 0.29) is 5.84 Å². The molecule has 1 aromatic carbocycles. The number of aliphatic hydroxyl groups is 1. The zero-order valence-electron chi connectivity index (χ0n) is 10.3. The maximum atomic E-state index is 9.96. The maximum absolute atomic E-state index is 9.96. The minimum Gasteiger partial charge on any atom is -0.409 e. The number of hydrogen-bond donors (Lipinski definition) is 4. The first-order chi connectivity index (χ1) is 8.64. The van der Waals surface area contributed by atoms with Crippen LogP contribution in [-0.2, 0) is 6.54 Å². The molecule has 0 saturated heterocycles.